The highest BCUT2D eigenvalue weighted by Crippen LogP contribution is 2.27. The molecule has 0 radical (unpaired) electrons. The van der Waals surface area contributed by atoms with Crippen LogP contribution in [0.3, 0.4) is 0 Å². The molecule has 26 heavy (non-hydrogen) atoms. The summed E-state index contributed by atoms with van der Waals surface area (Å²) < 4.78 is 28.4. The molecule has 130 valence electrons. The number of hydrogen-bond donors (Lipinski definition) is 2. The standard InChI is InChI=1S/C21H18N2O2S/c22-20-9-3-8-19-18(20)7-4-10-21(19)26(24,25)23-14-15-11-12-16-5-1-2-6-17(16)13-15/h1-13,23H,14,22H2. The predicted molar refractivity (Wildman–Crippen MR) is 106 cm³/mol. The van der Waals surface area contributed by atoms with E-state index < -0.39 is 10.0 Å². The van der Waals surface area contributed by atoms with E-state index in [4.69, 9.17) is 5.73 Å². The monoisotopic (exact) mass is 362 g/mol. The molecule has 0 bridgehead atoms. The minimum Gasteiger partial charge on any atom is -0.398 e. The van der Waals surface area contributed by atoms with Crippen LogP contribution in [0.1, 0.15) is 5.56 Å². The number of rotatable bonds is 4. The molecular weight excluding hydrogens is 344 g/mol. The Hall–Kier alpha value is -2.89. The Morgan fingerprint density at radius 1 is 0.769 bits per heavy atom. The van der Waals surface area contributed by atoms with Crippen LogP contribution in [0.25, 0.3) is 21.5 Å². The third-order valence-electron chi connectivity index (χ3n) is 4.49. The summed E-state index contributed by atoms with van der Waals surface area (Å²) in [6.45, 7) is 0.228. The summed E-state index contributed by atoms with van der Waals surface area (Å²) in [5.74, 6) is 0. The van der Waals surface area contributed by atoms with Gasteiger partial charge in [-0.3, -0.25) is 0 Å². The highest BCUT2D eigenvalue weighted by atomic mass is 32.2. The average molecular weight is 362 g/mol. The molecule has 0 heterocycles. The molecule has 0 atom stereocenters. The van der Waals surface area contributed by atoms with Crippen LogP contribution in [0.2, 0.25) is 0 Å². The van der Waals surface area contributed by atoms with E-state index >= 15 is 0 Å². The molecule has 4 aromatic rings. The molecule has 0 unspecified atom stereocenters. The first-order chi connectivity index (χ1) is 12.5. The molecule has 0 aliphatic heterocycles. The fourth-order valence-corrected chi connectivity index (χ4v) is 4.38. The van der Waals surface area contributed by atoms with Gasteiger partial charge in [-0.1, -0.05) is 60.7 Å². The molecule has 0 saturated heterocycles. The topological polar surface area (TPSA) is 72.2 Å². The van der Waals surface area contributed by atoms with Gasteiger partial charge in [0.15, 0.2) is 0 Å². The average Bonchev–Trinajstić information content (AvgIpc) is 2.66. The molecule has 0 fully saturated rings. The second kappa shape index (κ2) is 6.44. The van der Waals surface area contributed by atoms with E-state index in [1.54, 1.807) is 30.3 Å². The quantitative estimate of drug-likeness (QED) is 0.538. The molecule has 4 rings (SSSR count). The summed E-state index contributed by atoms with van der Waals surface area (Å²) >= 11 is 0. The minimum absolute atomic E-state index is 0.228. The summed E-state index contributed by atoms with van der Waals surface area (Å²) in [5, 5.41) is 3.57. The zero-order valence-corrected chi connectivity index (χ0v) is 14.8. The number of nitrogens with one attached hydrogen (secondary N) is 1. The summed E-state index contributed by atoms with van der Waals surface area (Å²) in [5.41, 5.74) is 7.44. The van der Waals surface area contributed by atoms with Gasteiger partial charge < -0.3 is 5.73 Å². The Bertz CT molecular complexity index is 1220. The number of nitrogen functional groups attached to an aromatic ring is 1. The lowest BCUT2D eigenvalue weighted by Gasteiger charge is -2.11. The maximum absolute atomic E-state index is 12.8. The van der Waals surface area contributed by atoms with E-state index in [1.165, 1.54) is 0 Å². The number of benzene rings is 4. The largest absolute Gasteiger partial charge is 0.398 e. The van der Waals surface area contributed by atoms with Crippen LogP contribution in [0, 0.1) is 0 Å². The minimum atomic E-state index is -3.66. The smallest absolute Gasteiger partial charge is 0.241 e. The lowest BCUT2D eigenvalue weighted by Crippen LogP contribution is -2.23. The molecule has 0 amide bonds. The summed E-state index contributed by atoms with van der Waals surface area (Å²) in [4.78, 5) is 0.239. The van der Waals surface area contributed by atoms with Gasteiger partial charge in [-0.15, -0.1) is 0 Å². The van der Waals surface area contributed by atoms with Crippen molar-refractivity contribution in [3.8, 4) is 0 Å². The van der Waals surface area contributed by atoms with Crippen LogP contribution < -0.4 is 10.5 Å². The first-order valence-electron chi connectivity index (χ1n) is 8.29. The number of anilines is 1. The third-order valence-corrected chi connectivity index (χ3v) is 5.94. The lowest BCUT2D eigenvalue weighted by molar-refractivity contribution is 0.582. The molecule has 0 saturated carbocycles. The number of fused-ring (bicyclic) bond motifs is 2. The van der Waals surface area contributed by atoms with Crippen molar-refractivity contribution >= 4 is 37.3 Å². The van der Waals surface area contributed by atoms with Gasteiger partial charge >= 0.3 is 0 Å². The molecule has 0 aliphatic carbocycles. The molecule has 5 heteroatoms. The van der Waals surface area contributed by atoms with Crippen LogP contribution in [-0.2, 0) is 16.6 Å². The zero-order chi connectivity index (χ0) is 18.1. The van der Waals surface area contributed by atoms with Crippen LogP contribution >= 0.6 is 0 Å². The van der Waals surface area contributed by atoms with Crippen LogP contribution in [0.4, 0.5) is 5.69 Å². The highest BCUT2D eigenvalue weighted by Gasteiger charge is 2.17. The van der Waals surface area contributed by atoms with Crippen molar-refractivity contribution in [3.63, 3.8) is 0 Å². The SMILES string of the molecule is Nc1cccc2c(S(=O)(=O)NCc3ccc4ccccc4c3)cccc12. The Morgan fingerprint density at radius 2 is 1.50 bits per heavy atom. The molecular formula is C21H18N2O2S. The van der Waals surface area contributed by atoms with Gasteiger partial charge in [0, 0.05) is 23.0 Å². The molecule has 4 aromatic carbocycles. The Balaban J connectivity index is 1.66. The maximum Gasteiger partial charge on any atom is 0.241 e. The van der Waals surface area contributed by atoms with Crippen LogP contribution in [0.5, 0.6) is 0 Å². The van der Waals surface area contributed by atoms with Crippen molar-refractivity contribution in [2.45, 2.75) is 11.4 Å². The zero-order valence-electron chi connectivity index (χ0n) is 14.0. The molecule has 0 aliphatic rings. The van der Waals surface area contributed by atoms with E-state index in [9.17, 15) is 8.42 Å². The third kappa shape index (κ3) is 3.03. The maximum atomic E-state index is 12.8. The van der Waals surface area contributed by atoms with Crippen LogP contribution in [-0.4, -0.2) is 8.42 Å². The van der Waals surface area contributed by atoms with Crippen molar-refractivity contribution < 1.29 is 8.42 Å². The highest BCUT2D eigenvalue weighted by molar-refractivity contribution is 7.89. The van der Waals surface area contributed by atoms with Crippen molar-refractivity contribution in [1.82, 2.24) is 4.72 Å². The van der Waals surface area contributed by atoms with E-state index in [0.29, 0.717) is 11.1 Å². The number of sulfonamides is 1. The molecule has 3 N–H and O–H groups in total. The van der Waals surface area contributed by atoms with Gasteiger partial charge in [0.2, 0.25) is 10.0 Å². The summed E-state index contributed by atoms with van der Waals surface area (Å²) in [6, 6.07) is 24.4. The second-order valence-corrected chi connectivity index (χ2v) is 7.94. The number of hydrogen-bond acceptors (Lipinski definition) is 3. The molecule has 4 nitrogen and oxygen atoms in total. The Labute approximate surface area is 152 Å². The van der Waals surface area contributed by atoms with Crippen molar-refractivity contribution in [2.75, 3.05) is 5.73 Å². The van der Waals surface area contributed by atoms with E-state index in [0.717, 1.165) is 21.7 Å². The summed E-state index contributed by atoms with van der Waals surface area (Å²) in [7, 11) is -3.66. The number of nitrogens with two attached hydrogens (primary N) is 1. The normalized spacial score (nSPS) is 11.8. The van der Waals surface area contributed by atoms with Crippen molar-refractivity contribution in [1.29, 1.82) is 0 Å². The lowest BCUT2D eigenvalue weighted by atomic mass is 10.1. The fourth-order valence-electron chi connectivity index (χ4n) is 3.14. The first kappa shape index (κ1) is 16.6. The van der Waals surface area contributed by atoms with Gasteiger partial charge in [0.25, 0.3) is 0 Å². The van der Waals surface area contributed by atoms with E-state index in [1.807, 2.05) is 48.5 Å². The van der Waals surface area contributed by atoms with E-state index in [-0.39, 0.29) is 11.4 Å². The summed E-state index contributed by atoms with van der Waals surface area (Å²) in [6.07, 6.45) is 0. The van der Waals surface area contributed by atoms with Gasteiger partial charge in [-0.2, -0.15) is 0 Å². The van der Waals surface area contributed by atoms with Gasteiger partial charge in [0.1, 0.15) is 0 Å². The Morgan fingerprint density at radius 3 is 2.35 bits per heavy atom. The Kier molecular flexibility index (Phi) is 4.11. The molecule has 0 aromatic heterocycles. The van der Waals surface area contributed by atoms with Crippen molar-refractivity contribution in [2.24, 2.45) is 0 Å². The van der Waals surface area contributed by atoms with E-state index in [2.05, 4.69) is 4.72 Å². The van der Waals surface area contributed by atoms with Gasteiger partial charge in [-0.25, -0.2) is 13.1 Å². The second-order valence-electron chi connectivity index (χ2n) is 6.20. The van der Waals surface area contributed by atoms with Crippen LogP contribution in [0.15, 0.2) is 83.8 Å². The molecule has 0 spiro atoms. The van der Waals surface area contributed by atoms with Gasteiger partial charge in [-0.05, 0) is 34.5 Å². The van der Waals surface area contributed by atoms with Crippen molar-refractivity contribution in [3.05, 3.63) is 84.4 Å². The van der Waals surface area contributed by atoms with Gasteiger partial charge in [0.05, 0.1) is 4.90 Å². The fraction of sp³-hybridized carbons (Fsp3) is 0.0476. The first-order valence-corrected chi connectivity index (χ1v) is 9.77. The predicted octanol–water partition coefficient (Wildman–Crippen LogP) is 4.05.